The van der Waals surface area contributed by atoms with Crippen molar-refractivity contribution in [1.29, 1.82) is 0 Å². The second-order valence-electron chi connectivity index (χ2n) is 4.67. The van der Waals surface area contributed by atoms with Gasteiger partial charge in [-0.1, -0.05) is 0 Å². The molecule has 0 spiro atoms. The van der Waals surface area contributed by atoms with E-state index in [4.69, 9.17) is 0 Å². The molecule has 0 aromatic rings. The average molecular weight is 168 g/mol. The lowest BCUT2D eigenvalue weighted by Crippen LogP contribution is -2.39. The van der Waals surface area contributed by atoms with Gasteiger partial charge in [0.25, 0.3) is 0 Å². The largest absolute Gasteiger partial charge is 0.304 e. The van der Waals surface area contributed by atoms with Crippen LogP contribution >= 0.6 is 0 Å². The van der Waals surface area contributed by atoms with Crippen molar-refractivity contribution in [2.75, 3.05) is 26.7 Å². The number of hydrogen-bond donors (Lipinski definition) is 0. The molecular weight excluding hydrogens is 148 g/mol. The summed E-state index contributed by atoms with van der Waals surface area (Å²) in [4.78, 5) is 5.15. The number of likely N-dealkylation sites (tertiary alicyclic amines) is 2. The molecule has 0 N–H and O–H groups in total. The molecule has 0 unspecified atom stereocenters. The first-order chi connectivity index (χ1) is 5.68. The Morgan fingerprint density at radius 3 is 2.67 bits per heavy atom. The minimum Gasteiger partial charge on any atom is -0.304 e. The number of nitrogens with zero attached hydrogens (tertiary/aromatic N) is 2. The molecule has 2 atom stereocenters. The number of likely N-dealkylation sites (N-methyl/N-ethyl adjacent to an activating group) is 1. The molecule has 0 bridgehead atoms. The minimum absolute atomic E-state index is 0.742. The van der Waals surface area contributed by atoms with Crippen molar-refractivity contribution >= 4 is 0 Å². The lowest BCUT2D eigenvalue weighted by Gasteiger charge is -2.27. The fourth-order valence-electron chi connectivity index (χ4n) is 2.85. The van der Waals surface area contributed by atoms with Gasteiger partial charge >= 0.3 is 0 Å². The molecule has 2 rings (SSSR count). The fourth-order valence-corrected chi connectivity index (χ4v) is 2.85. The third kappa shape index (κ3) is 1.27. The molecule has 0 aromatic heterocycles. The van der Waals surface area contributed by atoms with E-state index < -0.39 is 0 Å². The predicted octanol–water partition coefficient (Wildman–Crippen LogP) is 1.03. The van der Waals surface area contributed by atoms with Gasteiger partial charge in [-0.25, -0.2) is 0 Å². The summed E-state index contributed by atoms with van der Waals surface area (Å²) >= 11 is 0. The maximum atomic E-state index is 2.67. The molecular formula is C10H20N2. The normalized spacial score (nSPS) is 38.0. The van der Waals surface area contributed by atoms with Crippen LogP contribution < -0.4 is 0 Å². The van der Waals surface area contributed by atoms with Gasteiger partial charge in [-0.2, -0.15) is 0 Å². The summed E-state index contributed by atoms with van der Waals surface area (Å²) in [6.45, 7) is 8.60. The standard InChI is InChI=1S/C10H20N2/c1-8(2)12-5-4-9-6-11(3)7-10(9)12/h8-10H,4-7H2,1-3H3/t9-,10+/m0/s1. The van der Waals surface area contributed by atoms with Crippen LogP contribution in [0, 0.1) is 5.92 Å². The van der Waals surface area contributed by atoms with E-state index in [1.54, 1.807) is 0 Å². The van der Waals surface area contributed by atoms with Gasteiger partial charge in [-0.05, 0) is 39.8 Å². The van der Waals surface area contributed by atoms with Gasteiger partial charge in [-0.15, -0.1) is 0 Å². The van der Waals surface area contributed by atoms with E-state index in [0.717, 1.165) is 18.0 Å². The van der Waals surface area contributed by atoms with Crippen molar-refractivity contribution in [1.82, 2.24) is 9.80 Å². The Labute approximate surface area is 75.5 Å². The zero-order chi connectivity index (χ0) is 8.72. The maximum Gasteiger partial charge on any atom is 0.0266 e. The molecule has 2 aliphatic heterocycles. The van der Waals surface area contributed by atoms with Gasteiger partial charge < -0.3 is 4.90 Å². The van der Waals surface area contributed by atoms with Crippen LogP contribution in [0.1, 0.15) is 20.3 Å². The van der Waals surface area contributed by atoms with Crippen LogP contribution in [0.2, 0.25) is 0 Å². The maximum absolute atomic E-state index is 2.67. The summed E-state index contributed by atoms with van der Waals surface area (Å²) < 4.78 is 0. The zero-order valence-corrected chi connectivity index (χ0v) is 8.45. The summed E-state index contributed by atoms with van der Waals surface area (Å²) in [5.41, 5.74) is 0. The smallest absolute Gasteiger partial charge is 0.0266 e. The van der Waals surface area contributed by atoms with E-state index in [0.29, 0.717) is 0 Å². The van der Waals surface area contributed by atoms with Gasteiger partial charge in [0.05, 0.1) is 0 Å². The second kappa shape index (κ2) is 3.00. The van der Waals surface area contributed by atoms with Crippen molar-refractivity contribution in [3.05, 3.63) is 0 Å². The number of rotatable bonds is 1. The summed E-state index contributed by atoms with van der Waals surface area (Å²) in [6.07, 6.45) is 1.42. The molecule has 0 aliphatic carbocycles. The van der Waals surface area contributed by atoms with Crippen LogP contribution in [0.3, 0.4) is 0 Å². The Hall–Kier alpha value is -0.0800. The molecule has 2 fully saturated rings. The summed E-state index contributed by atoms with van der Waals surface area (Å²) in [5, 5.41) is 0. The molecule has 70 valence electrons. The Balaban J connectivity index is 2.03. The molecule has 0 aromatic carbocycles. The quantitative estimate of drug-likeness (QED) is 0.577. The molecule has 0 amide bonds. The van der Waals surface area contributed by atoms with Crippen LogP contribution in [-0.4, -0.2) is 48.6 Å². The first-order valence-electron chi connectivity index (χ1n) is 5.13. The third-order valence-electron chi connectivity index (χ3n) is 3.44. The first kappa shape index (κ1) is 8.52. The molecule has 0 saturated carbocycles. The van der Waals surface area contributed by atoms with E-state index in [9.17, 15) is 0 Å². The number of hydrogen-bond acceptors (Lipinski definition) is 2. The van der Waals surface area contributed by atoms with Gasteiger partial charge in [0.15, 0.2) is 0 Å². The van der Waals surface area contributed by atoms with Crippen LogP contribution in [0.4, 0.5) is 0 Å². The number of fused-ring (bicyclic) bond motifs is 1. The second-order valence-corrected chi connectivity index (χ2v) is 4.67. The zero-order valence-electron chi connectivity index (χ0n) is 8.45. The Kier molecular flexibility index (Phi) is 2.13. The monoisotopic (exact) mass is 168 g/mol. The van der Waals surface area contributed by atoms with E-state index in [1.165, 1.54) is 26.1 Å². The molecule has 2 heterocycles. The van der Waals surface area contributed by atoms with Crippen LogP contribution in [0.5, 0.6) is 0 Å². The van der Waals surface area contributed by atoms with Crippen LogP contribution in [0.25, 0.3) is 0 Å². The molecule has 2 aliphatic rings. The predicted molar refractivity (Wildman–Crippen MR) is 51.2 cm³/mol. The fraction of sp³-hybridized carbons (Fsp3) is 1.00. The van der Waals surface area contributed by atoms with Gasteiger partial charge in [0, 0.05) is 25.2 Å². The van der Waals surface area contributed by atoms with Crippen molar-refractivity contribution in [2.24, 2.45) is 5.92 Å². The van der Waals surface area contributed by atoms with E-state index in [2.05, 4.69) is 30.7 Å². The third-order valence-corrected chi connectivity index (χ3v) is 3.44. The molecule has 0 radical (unpaired) electrons. The van der Waals surface area contributed by atoms with E-state index in [-0.39, 0.29) is 0 Å². The highest BCUT2D eigenvalue weighted by Crippen LogP contribution is 2.31. The van der Waals surface area contributed by atoms with Crippen LogP contribution in [0.15, 0.2) is 0 Å². The average Bonchev–Trinajstić information content (AvgIpc) is 2.43. The Morgan fingerprint density at radius 2 is 2.00 bits per heavy atom. The minimum atomic E-state index is 0.742. The summed E-state index contributed by atoms with van der Waals surface area (Å²) in [6, 6.07) is 1.61. The van der Waals surface area contributed by atoms with E-state index in [1.807, 2.05) is 0 Å². The highest BCUT2D eigenvalue weighted by Gasteiger charge is 2.40. The highest BCUT2D eigenvalue weighted by atomic mass is 15.3. The Bertz CT molecular complexity index is 167. The first-order valence-corrected chi connectivity index (χ1v) is 5.13. The Morgan fingerprint density at radius 1 is 1.25 bits per heavy atom. The van der Waals surface area contributed by atoms with Gasteiger partial charge in [0.2, 0.25) is 0 Å². The van der Waals surface area contributed by atoms with Crippen LogP contribution in [-0.2, 0) is 0 Å². The summed E-state index contributed by atoms with van der Waals surface area (Å²) in [5.74, 6) is 0.970. The molecule has 12 heavy (non-hydrogen) atoms. The van der Waals surface area contributed by atoms with Crippen molar-refractivity contribution < 1.29 is 0 Å². The highest BCUT2D eigenvalue weighted by molar-refractivity contribution is 4.95. The van der Waals surface area contributed by atoms with Crippen molar-refractivity contribution in [3.8, 4) is 0 Å². The van der Waals surface area contributed by atoms with Crippen molar-refractivity contribution in [3.63, 3.8) is 0 Å². The molecule has 2 nitrogen and oxygen atoms in total. The lowest BCUT2D eigenvalue weighted by atomic mass is 10.0. The summed E-state index contributed by atoms with van der Waals surface area (Å²) in [7, 11) is 2.25. The molecule has 2 saturated heterocycles. The van der Waals surface area contributed by atoms with Gasteiger partial charge in [-0.3, -0.25) is 4.90 Å². The SMILES string of the molecule is CC(C)N1CC[C@H]2CN(C)C[C@H]21. The van der Waals surface area contributed by atoms with Crippen molar-refractivity contribution in [2.45, 2.75) is 32.4 Å². The van der Waals surface area contributed by atoms with Gasteiger partial charge in [0.1, 0.15) is 0 Å². The topological polar surface area (TPSA) is 6.48 Å². The van der Waals surface area contributed by atoms with E-state index >= 15 is 0 Å². The molecule has 2 heteroatoms. The lowest BCUT2D eigenvalue weighted by molar-refractivity contribution is 0.191.